The van der Waals surface area contributed by atoms with Crippen molar-refractivity contribution < 1.29 is 32.2 Å². The molecule has 1 aromatic heterocycles. The van der Waals surface area contributed by atoms with Gasteiger partial charge in [0, 0.05) is 39.4 Å². The predicted octanol–water partition coefficient (Wildman–Crippen LogP) is 3.46. The van der Waals surface area contributed by atoms with Crippen LogP contribution in [0, 0.1) is 0 Å². The Kier molecular flexibility index (Phi) is 9.01. The molecule has 0 saturated carbocycles. The van der Waals surface area contributed by atoms with Crippen molar-refractivity contribution in [2.75, 3.05) is 33.9 Å². The number of rotatable bonds is 5. The van der Waals surface area contributed by atoms with Crippen LogP contribution in [0.2, 0.25) is 0 Å². The van der Waals surface area contributed by atoms with Gasteiger partial charge in [0.25, 0.3) is 0 Å². The number of alkyl halides is 3. The highest BCUT2D eigenvalue weighted by Gasteiger charge is 2.32. The lowest BCUT2D eigenvalue weighted by molar-refractivity contribution is -0.274. The fourth-order valence-electron chi connectivity index (χ4n) is 3.74. The van der Waals surface area contributed by atoms with Crippen molar-refractivity contribution in [1.29, 1.82) is 0 Å². The van der Waals surface area contributed by atoms with Crippen LogP contribution in [0.5, 0.6) is 5.75 Å². The maximum absolute atomic E-state index is 13.2. The van der Waals surface area contributed by atoms with E-state index in [1.54, 1.807) is 24.0 Å². The Morgan fingerprint density at radius 2 is 1.75 bits per heavy atom. The first kappa shape index (κ1) is 26.7. The van der Waals surface area contributed by atoms with Crippen LogP contribution >= 0.6 is 0 Å². The molecule has 0 N–H and O–H groups in total. The van der Waals surface area contributed by atoms with E-state index in [0.717, 1.165) is 28.8 Å². The molecule has 9 nitrogen and oxygen atoms in total. The second-order valence-electron chi connectivity index (χ2n) is 7.95. The topological polar surface area (TPSA) is 89.8 Å². The van der Waals surface area contributed by atoms with Crippen LogP contribution in [0.3, 0.4) is 0 Å². The number of piperazine rings is 1. The Labute approximate surface area is 206 Å². The molecule has 0 radical (unpaired) electrons. The molecule has 1 atom stereocenters. The van der Waals surface area contributed by atoms with Gasteiger partial charge in [-0.05, 0) is 36.2 Å². The lowest BCUT2D eigenvalue weighted by atomic mass is 10.0. The third-order valence-corrected chi connectivity index (χ3v) is 5.30. The van der Waals surface area contributed by atoms with Gasteiger partial charge in [-0.15, -0.1) is 18.3 Å². The first-order chi connectivity index (χ1) is 17.2. The van der Waals surface area contributed by atoms with Gasteiger partial charge in [-0.3, -0.25) is 4.79 Å². The van der Waals surface area contributed by atoms with Crippen molar-refractivity contribution in [3.05, 3.63) is 66.4 Å². The van der Waals surface area contributed by atoms with Gasteiger partial charge in [0.05, 0.1) is 12.2 Å². The zero-order valence-corrected chi connectivity index (χ0v) is 19.8. The van der Waals surface area contributed by atoms with E-state index in [-0.39, 0.29) is 11.8 Å². The minimum Gasteiger partial charge on any atom is -0.406 e. The number of carbonyl (C=O) groups is 2. The van der Waals surface area contributed by atoms with E-state index in [2.05, 4.69) is 19.8 Å². The summed E-state index contributed by atoms with van der Waals surface area (Å²) in [7, 11) is 3.25. The molecule has 192 valence electrons. The molecule has 1 saturated heterocycles. The summed E-state index contributed by atoms with van der Waals surface area (Å²) in [6, 6.07) is 14.2. The molecule has 2 amide bonds. The number of benzene rings is 2. The number of ether oxygens (including phenoxy) is 2. The average molecular weight is 505 g/mol. The van der Waals surface area contributed by atoms with Crippen molar-refractivity contribution in [2.45, 2.75) is 18.8 Å². The molecular weight excluding hydrogens is 479 g/mol. The van der Waals surface area contributed by atoms with Gasteiger partial charge in [-0.2, -0.15) is 4.68 Å². The standard InChI is InChI=1S/C22H20F3N5O3.C2H6O/c23-22(24,25)33-19-8-6-17(7-9-19)20-14-30(27-26-20)21(32)29-11-10-28(15-31)13-18(29)12-16-4-2-1-3-5-16;1-3-2/h1-9,14-15,18H,10-13H2;1-2H3. The smallest absolute Gasteiger partial charge is 0.406 e. The van der Waals surface area contributed by atoms with Gasteiger partial charge >= 0.3 is 12.4 Å². The van der Waals surface area contributed by atoms with Crippen molar-refractivity contribution in [3.63, 3.8) is 0 Å². The number of hydrogen-bond acceptors (Lipinski definition) is 6. The Balaban J connectivity index is 0.00000115. The minimum atomic E-state index is -4.78. The van der Waals surface area contributed by atoms with E-state index in [4.69, 9.17) is 0 Å². The molecule has 0 bridgehead atoms. The number of amides is 2. The van der Waals surface area contributed by atoms with Crippen LogP contribution in [0.4, 0.5) is 18.0 Å². The van der Waals surface area contributed by atoms with Crippen molar-refractivity contribution in [3.8, 4) is 17.0 Å². The normalized spacial score (nSPS) is 15.6. The van der Waals surface area contributed by atoms with Crippen molar-refractivity contribution in [2.24, 2.45) is 0 Å². The van der Waals surface area contributed by atoms with Crippen LogP contribution in [0.1, 0.15) is 5.56 Å². The molecule has 3 aromatic rings. The quantitative estimate of drug-likeness (QED) is 0.494. The monoisotopic (exact) mass is 505 g/mol. The number of hydrogen-bond donors (Lipinski definition) is 0. The molecule has 36 heavy (non-hydrogen) atoms. The van der Waals surface area contributed by atoms with Gasteiger partial charge < -0.3 is 19.3 Å². The molecule has 12 heteroatoms. The molecule has 0 aliphatic carbocycles. The lowest BCUT2D eigenvalue weighted by Crippen LogP contribution is -2.56. The van der Waals surface area contributed by atoms with E-state index in [0.29, 0.717) is 37.3 Å². The Hall–Kier alpha value is -3.93. The van der Waals surface area contributed by atoms with E-state index >= 15 is 0 Å². The Morgan fingerprint density at radius 3 is 2.36 bits per heavy atom. The summed E-state index contributed by atoms with van der Waals surface area (Å²) in [5.41, 5.74) is 1.84. The minimum absolute atomic E-state index is 0.245. The van der Waals surface area contributed by atoms with Gasteiger partial charge in [-0.1, -0.05) is 35.5 Å². The average Bonchev–Trinajstić information content (AvgIpc) is 3.35. The lowest BCUT2D eigenvalue weighted by Gasteiger charge is -2.39. The Bertz CT molecular complexity index is 1120. The molecule has 1 aliphatic heterocycles. The third-order valence-electron chi connectivity index (χ3n) is 5.30. The molecule has 4 rings (SSSR count). The first-order valence-electron chi connectivity index (χ1n) is 11.0. The number of aromatic nitrogens is 3. The second kappa shape index (κ2) is 12.2. The maximum atomic E-state index is 13.2. The van der Waals surface area contributed by atoms with Gasteiger partial charge in [-0.25, -0.2) is 4.79 Å². The molecule has 1 fully saturated rings. The largest absolute Gasteiger partial charge is 0.573 e. The summed E-state index contributed by atoms with van der Waals surface area (Å²) in [4.78, 5) is 27.8. The second-order valence-corrected chi connectivity index (χ2v) is 7.95. The van der Waals surface area contributed by atoms with E-state index in [9.17, 15) is 22.8 Å². The highest BCUT2D eigenvalue weighted by Crippen LogP contribution is 2.26. The van der Waals surface area contributed by atoms with Crippen LogP contribution in [0.25, 0.3) is 11.3 Å². The van der Waals surface area contributed by atoms with Crippen LogP contribution < -0.4 is 4.74 Å². The zero-order chi connectivity index (χ0) is 26.1. The summed E-state index contributed by atoms with van der Waals surface area (Å²) >= 11 is 0. The molecule has 0 spiro atoms. The van der Waals surface area contributed by atoms with E-state index in [1.807, 2.05) is 30.3 Å². The Morgan fingerprint density at radius 1 is 1.08 bits per heavy atom. The summed E-state index contributed by atoms with van der Waals surface area (Å²) < 4.78 is 46.2. The van der Waals surface area contributed by atoms with Crippen molar-refractivity contribution in [1.82, 2.24) is 24.8 Å². The van der Waals surface area contributed by atoms with Crippen LogP contribution in [-0.2, 0) is 16.0 Å². The van der Waals surface area contributed by atoms with Crippen LogP contribution in [0.15, 0.2) is 60.8 Å². The van der Waals surface area contributed by atoms with E-state index in [1.165, 1.54) is 18.3 Å². The number of nitrogens with zero attached hydrogens (tertiary/aromatic N) is 5. The van der Waals surface area contributed by atoms with Crippen LogP contribution in [-0.4, -0.2) is 83.5 Å². The van der Waals surface area contributed by atoms with Gasteiger partial charge in [0.15, 0.2) is 0 Å². The molecule has 2 aromatic carbocycles. The molecule has 2 heterocycles. The maximum Gasteiger partial charge on any atom is 0.573 e. The predicted molar refractivity (Wildman–Crippen MR) is 124 cm³/mol. The summed E-state index contributed by atoms with van der Waals surface area (Å²) in [5.74, 6) is -0.355. The molecule has 1 unspecified atom stereocenters. The summed E-state index contributed by atoms with van der Waals surface area (Å²) in [6.07, 6.45) is -2.01. The molecular formula is C24H26F3N5O4. The molecule has 1 aliphatic rings. The highest BCUT2D eigenvalue weighted by molar-refractivity contribution is 5.77. The first-order valence-corrected chi connectivity index (χ1v) is 11.0. The van der Waals surface area contributed by atoms with Gasteiger partial charge in [0.1, 0.15) is 11.4 Å². The SMILES string of the molecule is COC.O=CN1CCN(C(=O)n2cc(-c3ccc(OC(F)(F)F)cc3)nn2)C(Cc2ccccc2)C1. The number of carbonyl (C=O) groups excluding carboxylic acids is 2. The van der Waals surface area contributed by atoms with Gasteiger partial charge in [0.2, 0.25) is 6.41 Å². The fourth-order valence-corrected chi connectivity index (χ4v) is 3.74. The summed E-state index contributed by atoms with van der Waals surface area (Å²) in [5, 5.41) is 7.89. The van der Waals surface area contributed by atoms with Crippen molar-refractivity contribution >= 4 is 12.4 Å². The zero-order valence-electron chi connectivity index (χ0n) is 19.8. The highest BCUT2D eigenvalue weighted by atomic mass is 19.4. The summed E-state index contributed by atoms with van der Waals surface area (Å²) in [6.45, 7) is 1.14. The fraction of sp³-hybridized carbons (Fsp3) is 0.333. The number of halogens is 3. The number of methoxy groups -OCH3 is 1. The van der Waals surface area contributed by atoms with E-state index < -0.39 is 12.4 Å². The third kappa shape index (κ3) is 7.28.